The van der Waals surface area contributed by atoms with Gasteiger partial charge in [0.25, 0.3) is 5.85 Å². The van der Waals surface area contributed by atoms with Crippen molar-refractivity contribution in [3.63, 3.8) is 0 Å². The summed E-state index contributed by atoms with van der Waals surface area (Å²) >= 11 is 0. The number of hydrogen-bond donors (Lipinski definition) is 2. The molecule has 0 aliphatic carbocycles. The van der Waals surface area contributed by atoms with E-state index in [0.29, 0.717) is 5.56 Å². The van der Waals surface area contributed by atoms with Gasteiger partial charge in [-0.1, -0.05) is 39.0 Å². The first kappa shape index (κ1) is 16.6. The molecule has 22 heavy (non-hydrogen) atoms. The maximum absolute atomic E-state index is 10.3. The molecule has 0 radical (unpaired) electrons. The van der Waals surface area contributed by atoms with Crippen LogP contribution < -0.4 is 10.1 Å². The average Bonchev–Trinajstić information content (AvgIpc) is 2.55. The van der Waals surface area contributed by atoms with E-state index in [1.54, 1.807) is 18.5 Å². The molecule has 0 saturated heterocycles. The van der Waals surface area contributed by atoms with Gasteiger partial charge in [-0.3, -0.25) is 0 Å². The molecule has 1 aliphatic heterocycles. The van der Waals surface area contributed by atoms with Gasteiger partial charge in [-0.2, -0.15) is 0 Å². The lowest BCUT2D eigenvalue weighted by Gasteiger charge is -2.26. The molecule has 2 rings (SSSR count). The lowest BCUT2D eigenvalue weighted by Crippen LogP contribution is -2.38. The molecular weight excluding hydrogens is 276 g/mol. The third kappa shape index (κ3) is 4.88. The largest absolute Gasteiger partial charge is 0.494 e. The maximum atomic E-state index is 10.3. The molecule has 1 aromatic rings. The zero-order valence-electron chi connectivity index (χ0n) is 13.3. The summed E-state index contributed by atoms with van der Waals surface area (Å²) in [6, 6.07) is 7.42. The van der Waals surface area contributed by atoms with Gasteiger partial charge in [0.15, 0.2) is 0 Å². The van der Waals surface area contributed by atoms with Crippen LogP contribution in [-0.2, 0) is 5.85 Å². The number of allylic oxidation sites excluding steroid dienone is 1. The Morgan fingerprint density at radius 1 is 1.09 bits per heavy atom. The van der Waals surface area contributed by atoms with Crippen molar-refractivity contribution < 1.29 is 9.84 Å². The fourth-order valence-corrected chi connectivity index (χ4v) is 2.41. The Morgan fingerprint density at radius 3 is 2.50 bits per heavy atom. The highest BCUT2D eigenvalue weighted by molar-refractivity contribution is 5.72. The van der Waals surface area contributed by atoms with Gasteiger partial charge in [0, 0.05) is 18.0 Å². The molecule has 1 atom stereocenters. The Bertz CT molecular complexity index is 496. The van der Waals surface area contributed by atoms with Crippen molar-refractivity contribution in [3.8, 4) is 5.75 Å². The van der Waals surface area contributed by atoms with Gasteiger partial charge in [0.2, 0.25) is 0 Å². The highest BCUT2D eigenvalue weighted by Crippen LogP contribution is 2.23. The van der Waals surface area contributed by atoms with E-state index in [1.165, 1.54) is 32.1 Å². The highest BCUT2D eigenvalue weighted by atomic mass is 16.5. The fraction of sp³-hybridized carbons (Fsp3) is 0.500. The van der Waals surface area contributed by atoms with Crippen molar-refractivity contribution in [1.29, 1.82) is 0 Å². The van der Waals surface area contributed by atoms with Gasteiger partial charge in [-0.05, 0) is 36.8 Å². The quantitative estimate of drug-likeness (QED) is 0.684. The van der Waals surface area contributed by atoms with Gasteiger partial charge in [-0.15, -0.1) is 0 Å². The number of hydrogen-bond acceptors (Lipinski definition) is 4. The summed E-state index contributed by atoms with van der Waals surface area (Å²) < 4.78 is 5.73. The molecule has 0 fully saturated rings. The monoisotopic (exact) mass is 302 g/mol. The van der Waals surface area contributed by atoms with Crippen LogP contribution in [0.3, 0.4) is 0 Å². The van der Waals surface area contributed by atoms with E-state index >= 15 is 0 Å². The van der Waals surface area contributed by atoms with E-state index in [4.69, 9.17) is 4.74 Å². The van der Waals surface area contributed by atoms with Gasteiger partial charge < -0.3 is 15.2 Å². The van der Waals surface area contributed by atoms with Crippen molar-refractivity contribution in [1.82, 2.24) is 5.32 Å². The topological polar surface area (TPSA) is 53.9 Å². The Morgan fingerprint density at radius 2 is 1.82 bits per heavy atom. The third-order valence-electron chi connectivity index (χ3n) is 3.75. The van der Waals surface area contributed by atoms with Crippen molar-refractivity contribution in [2.45, 2.75) is 51.3 Å². The molecule has 0 aromatic heterocycles. The Kier molecular flexibility index (Phi) is 6.46. The molecule has 4 heteroatoms. The predicted octanol–water partition coefficient (Wildman–Crippen LogP) is 3.72. The Balaban J connectivity index is 1.73. The minimum atomic E-state index is -1.37. The van der Waals surface area contributed by atoms with Crippen LogP contribution in [0.15, 0.2) is 41.5 Å². The molecule has 2 N–H and O–H groups in total. The standard InChI is InChI=1S/C18H26N2O2/c1-2-3-4-5-6-7-15-22-17-11-9-16(10-12-17)18(21)19-13-8-14-20-18/h8-14,19,21H,2-7,15H2,1H3. The van der Waals surface area contributed by atoms with Crippen LogP contribution in [0, 0.1) is 0 Å². The number of aliphatic hydroxyl groups is 1. The first-order chi connectivity index (χ1) is 10.7. The number of unbranched alkanes of at least 4 members (excludes halogenated alkanes) is 5. The summed E-state index contributed by atoms with van der Waals surface area (Å²) in [6.45, 7) is 2.97. The van der Waals surface area contributed by atoms with E-state index in [-0.39, 0.29) is 0 Å². The van der Waals surface area contributed by atoms with Crippen molar-refractivity contribution in [3.05, 3.63) is 42.1 Å². The summed E-state index contributed by atoms with van der Waals surface area (Å²) in [4.78, 5) is 4.06. The van der Waals surface area contributed by atoms with Gasteiger partial charge >= 0.3 is 0 Å². The molecule has 0 saturated carbocycles. The lowest BCUT2D eigenvalue weighted by atomic mass is 10.1. The second-order valence-electron chi connectivity index (χ2n) is 5.59. The van der Waals surface area contributed by atoms with Crippen LogP contribution in [0.2, 0.25) is 0 Å². The van der Waals surface area contributed by atoms with E-state index in [0.717, 1.165) is 18.8 Å². The summed E-state index contributed by atoms with van der Waals surface area (Å²) in [5.41, 5.74) is 0.694. The molecule has 0 bridgehead atoms. The second kappa shape index (κ2) is 8.59. The van der Waals surface area contributed by atoms with Crippen LogP contribution in [-0.4, -0.2) is 17.9 Å². The summed E-state index contributed by atoms with van der Waals surface area (Å²) in [5, 5.41) is 13.2. The zero-order chi connectivity index (χ0) is 15.7. The van der Waals surface area contributed by atoms with E-state index in [9.17, 15) is 5.11 Å². The van der Waals surface area contributed by atoms with Crippen molar-refractivity contribution >= 4 is 6.21 Å². The number of benzene rings is 1. The number of aliphatic imine (C=N–C) groups is 1. The first-order valence-corrected chi connectivity index (χ1v) is 8.18. The maximum Gasteiger partial charge on any atom is 0.261 e. The van der Waals surface area contributed by atoms with Gasteiger partial charge in [0.1, 0.15) is 5.75 Å². The van der Waals surface area contributed by atoms with Gasteiger partial charge in [-0.25, -0.2) is 4.99 Å². The summed E-state index contributed by atoms with van der Waals surface area (Å²) in [5.74, 6) is -0.539. The molecule has 1 aliphatic rings. The normalized spacial score (nSPS) is 19.9. The number of rotatable bonds is 9. The van der Waals surface area contributed by atoms with Crippen molar-refractivity contribution in [2.24, 2.45) is 4.99 Å². The molecule has 1 unspecified atom stereocenters. The Labute approximate surface area is 132 Å². The SMILES string of the molecule is CCCCCCCCOc1ccc(C2(O)N=CC=CN2)cc1. The molecule has 1 aromatic carbocycles. The molecule has 120 valence electrons. The minimum absolute atomic E-state index is 0.694. The lowest BCUT2D eigenvalue weighted by molar-refractivity contribution is 0.0233. The van der Waals surface area contributed by atoms with Crippen LogP contribution in [0.25, 0.3) is 0 Å². The molecule has 0 spiro atoms. The smallest absolute Gasteiger partial charge is 0.261 e. The van der Waals surface area contributed by atoms with E-state index in [1.807, 2.05) is 24.3 Å². The minimum Gasteiger partial charge on any atom is -0.494 e. The molecule has 1 heterocycles. The van der Waals surface area contributed by atoms with Crippen LogP contribution in [0.4, 0.5) is 0 Å². The zero-order valence-corrected chi connectivity index (χ0v) is 13.3. The molecular formula is C18H26N2O2. The van der Waals surface area contributed by atoms with E-state index in [2.05, 4.69) is 17.2 Å². The second-order valence-corrected chi connectivity index (χ2v) is 5.59. The van der Waals surface area contributed by atoms with Crippen LogP contribution in [0.5, 0.6) is 5.75 Å². The van der Waals surface area contributed by atoms with Gasteiger partial charge in [0.05, 0.1) is 6.61 Å². The molecule has 4 nitrogen and oxygen atoms in total. The fourth-order valence-electron chi connectivity index (χ4n) is 2.41. The number of ether oxygens (including phenoxy) is 1. The van der Waals surface area contributed by atoms with Crippen LogP contribution in [0.1, 0.15) is 51.0 Å². The number of nitrogens with one attached hydrogen (secondary N) is 1. The average molecular weight is 302 g/mol. The first-order valence-electron chi connectivity index (χ1n) is 8.18. The summed E-state index contributed by atoms with van der Waals surface area (Å²) in [7, 11) is 0. The van der Waals surface area contributed by atoms with Crippen molar-refractivity contribution in [2.75, 3.05) is 6.61 Å². The van der Waals surface area contributed by atoms with Crippen LogP contribution >= 0.6 is 0 Å². The molecule has 0 amide bonds. The number of nitrogens with zero attached hydrogens (tertiary/aromatic N) is 1. The predicted molar refractivity (Wildman–Crippen MR) is 90.0 cm³/mol. The Hall–Kier alpha value is -1.81. The third-order valence-corrected chi connectivity index (χ3v) is 3.75. The summed E-state index contributed by atoms with van der Waals surface area (Å²) in [6.07, 6.45) is 12.5. The highest BCUT2D eigenvalue weighted by Gasteiger charge is 2.27. The van der Waals surface area contributed by atoms with E-state index < -0.39 is 5.85 Å².